The van der Waals surface area contributed by atoms with Crippen molar-refractivity contribution in [2.24, 2.45) is 0 Å². The summed E-state index contributed by atoms with van der Waals surface area (Å²) in [6.45, 7) is 7.01. The van der Waals surface area contributed by atoms with Gasteiger partial charge in [0.2, 0.25) is 0 Å². The smallest absolute Gasteiger partial charge is 0.120 e. The van der Waals surface area contributed by atoms with Crippen LogP contribution < -0.4 is 4.74 Å². The second kappa shape index (κ2) is 7.48. The van der Waals surface area contributed by atoms with Gasteiger partial charge in [-0.15, -0.1) is 0 Å². The zero-order chi connectivity index (χ0) is 14.5. The monoisotopic (exact) mass is 308 g/mol. The molecule has 2 aliphatic heterocycles. The molecule has 1 atom stereocenters. The van der Waals surface area contributed by atoms with Crippen LogP contribution in [0.3, 0.4) is 0 Å². The highest BCUT2D eigenvalue weighted by molar-refractivity contribution is 6.30. The molecule has 2 aliphatic rings. The summed E-state index contributed by atoms with van der Waals surface area (Å²) in [6.07, 6.45) is 5.16. The normalized spacial score (nSPS) is 23.8. The molecule has 0 amide bonds. The van der Waals surface area contributed by atoms with Crippen LogP contribution in [-0.4, -0.2) is 55.2 Å². The van der Waals surface area contributed by atoms with Gasteiger partial charge in [0.05, 0.1) is 6.61 Å². The van der Waals surface area contributed by atoms with E-state index in [1.165, 1.54) is 45.4 Å². The minimum absolute atomic E-state index is 0.737. The van der Waals surface area contributed by atoms with Gasteiger partial charge < -0.3 is 9.64 Å². The Morgan fingerprint density at radius 2 is 2.10 bits per heavy atom. The summed E-state index contributed by atoms with van der Waals surface area (Å²) in [5, 5.41) is 0.737. The van der Waals surface area contributed by atoms with Gasteiger partial charge in [0, 0.05) is 24.2 Å². The van der Waals surface area contributed by atoms with Gasteiger partial charge in [0.15, 0.2) is 0 Å². The number of nitrogens with zero attached hydrogens (tertiary/aromatic N) is 2. The summed E-state index contributed by atoms with van der Waals surface area (Å²) in [7, 11) is 0. The Labute approximate surface area is 132 Å². The summed E-state index contributed by atoms with van der Waals surface area (Å²) < 4.78 is 5.77. The Kier molecular flexibility index (Phi) is 5.39. The van der Waals surface area contributed by atoms with Crippen LogP contribution in [0.4, 0.5) is 0 Å². The van der Waals surface area contributed by atoms with Crippen molar-refractivity contribution < 1.29 is 4.74 Å². The summed E-state index contributed by atoms with van der Waals surface area (Å²) in [4.78, 5) is 5.31. The molecule has 0 radical (unpaired) electrons. The van der Waals surface area contributed by atoms with E-state index in [4.69, 9.17) is 16.3 Å². The second-order valence-corrected chi connectivity index (χ2v) is 6.58. The largest absolute Gasteiger partial charge is 0.493 e. The van der Waals surface area contributed by atoms with Crippen LogP contribution in [0, 0.1) is 0 Å². The molecule has 2 saturated heterocycles. The van der Waals surface area contributed by atoms with Gasteiger partial charge in [0.1, 0.15) is 5.75 Å². The number of fused-ring (bicyclic) bond motifs is 1. The molecule has 1 aromatic rings. The fourth-order valence-electron chi connectivity index (χ4n) is 3.52. The van der Waals surface area contributed by atoms with Crippen molar-refractivity contribution in [1.82, 2.24) is 9.80 Å². The predicted molar refractivity (Wildman–Crippen MR) is 87.2 cm³/mol. The molecular weight excluding hydrogens is 284 g/mol. The first-order chi connectivity index (χ1) is 10.3. The Bertz CT molecular complexity index is 454. The molecule has 3 nitrogen and oxygen atoms in total. The van der Waals surface area contributed by atoms with E-state index in [-0.39, 0.29) is 0 Å². The van der Waals surface area contributed by atoms with E-state index in [0.29, 0.717) is 0 Å². The maximum atomic E-state index is 5.96. The molecule has 0 spiro atoms. The zero-order valence-corrected chi connectivity index (χ0v) is 13.4. The van der Waals surface area contributed by atoms with Gasteiger partial charge in [-0.25, -0.2) is 0 Å². The Balaban J connectivity index is 1.39. The van der Waals surface area contributed by atoms with E-state index in [2.05, 4.69) is 9.80 Å². The van der Waals surface area contributed by atoms with Gasteiger partial charge >= 0.3 is 0 Å². The van der Waals surface area contributed by atoms with E-state index in [1.807, 2.05) is 24.3 Å². The maximum Gasteiger partial charge on any atom is 0.120 e. The third kappa shape index (κ3) is 4.35. The third-order valence-corrected chi connectivity index (χ3v) is 4.81. The molecule has 0 aliphatic carbocycles. The van der Waals surface area contributed by atoms with Crippen LogP contribution in [0.5, 0.6) is 5.75 Å². The van der Waals surface area contributed by atoms with Crippen molar-refractivity contribution in [3.05, 3.63) is 29.3 Å². The first-order valence-electron chi connectivity index (χ1n) is 8.16. The van der Waals surface area contributed by atoms with Crippen molar-refractivity contribution in [1.29, 1.82) is 0 Å². The Morgan fingerprint density at radius 3 is 3.00 bits per heavy atom. The van der Waals surface area contributed by atoms with Crippen molar-refractivity contribution in [2.45, 2.75) is 31.7 Å². The summed E-state index contributed by atoms with van der Waals surface area (Å²) >= 11 is 5.96. The van der Waals surface area contributed by atoms with Gasteiger partial charge in [-0.1, -0.05) is 17.7 Å². The quantitative estimate of drug-likeness (QED) is 0.776. The highest BCUT2D eigenvalue weighted by Gasteiger charge is 2.28. The van der Waals surface area contributed by atoms with Crippen LogP contribution in [0.25, 0.3) is 0 Å². The average Bonchev–Trinajstić information content (AvgIpc) is 2.82. The maximum absolute atomic E-state index is 5.96. The van der Waals surface area contributed by atoms with Crippen LogP contribution in [0.1, 0.15) is 25.7 Å². The van der Waals surface area contributed by atoms with Crippen molar-refractivity contribution in [2.75, 3.05) is 39.3 Å². The highest BCUT2D eigenvalue weighted by Crippen LogP contribution is 2.21. The van der Waals surface area contributed by atoms with Gasteiger partial charge in [-0.05, 0) is 63.5 Å². The SMILES string of the molecule is Clc1cccc(OCCCN2CCCN3CCC[C@@H]3C2)c1. The highest BCUT2D eigenvalue weighted by atomic mass is 35.5. The Hall–Kier alpha value is -0.770. The van der Waals surface area contributed by atoms with E-state index >= 15 is 0 Å². The molecule has 0 N–H and O–H groups in total. The number of halogens is 1. The fraction of sp³-hybridized carbons (Fsp3) is 0.647. The standard InChI is InChI=1S/C17H25ClN2O/c18-15-5-1-7-17(13-15)21-12-4-9-19-8-3-11-20-10-2-6-16(20)14-19/h1,5,7,13,16H,2-4,6,8-12,14H2/t16-/m1/s1. The predicted octanol–water partition coefficient (Wildman–Crippen LogP) is 3.28. The molecule has 0 aromatic heterocycles. The van der Waals surface area contributed by atoms with E-state index in [1.54, 1.807) is 0 Å². The zero-order valence-electron chi connectivity index (χ0n) is 12.6. The lowest BCUT2D eigenvalue weighted by atomic mass is 10.2. The number of hydrogen-bond acceptors (Lipinski definition) is 3. The minimum atomic E-state index is 0.737. The minimum Gasteiger partial charge on any atom is -0.493 e. The first-order valence-corrected chi connectivity index (χ1v) is 8.54. The van der Waals surface area contributed by atoms with Crippen LogP contribution >= 0.6 is 11.6 Å². The van der Waals surface area contributed by atoms with E-state index in [9.17, 15) is 0 Å². The molecule has 1 aromatic carbocycles. The molecule has 2 heterocycles. The molecule has 116 valence electrons. The van der Waals surface area contributed by atoms with Gasteiger partial charge in [0.25, 0.3) is 0 Å². The van der Waals surface area contributed by atoms with Gasteiger partial charge in [-0.3, -0.25) is 4.90 Å². The molecule has 0 bridgehead atoms. The lowest BCUT2D eigenvalue weighted by Gasteiger charge is -2.25. The van der Waals surface area contributed by atoms with Gasteiger partial charge in [-0.2, -0.15) is 0 Å². The number of benzene rings is 1. The molecule has 4 heteroatoms. The molecule has 0 saturated carbocycles. The lowest BCUT2D eigenvalue weighted by Crippen LogP contribution is -2.37. The summed E-state index contributed by atoms with van der Waals surface area (Å²) in [5.74, 6) is 0.875. The molecular formula is C17H25ClN2O. The average molecular weight is 309 g/mol. The summed E-state index contributed by atoms with van der Waals surface area (Å²) in [6, 6.07) is 8.46. The van der Waals surface area contributed by atoms with Crippen LogP contribution in [-0.2, 0) is 0 Å². The molecule has 21 heavy (non-hydrogen) atoms. The Morgan fingerprint density at radius 1 is 1.19 bits per heavy atom. The van der Waals surface area contributed by atoms with E-state index < -0.39 is 0 Å². The lowest BCUT2D eigenvalue weighted by molar-refractivity contribution is 0.205. The molecule has 0 unspecified atom stereocenters. The first kappa shape index (κ1) is 15.1. The molecule has 2 fully saturated rings. The van der Waals surface area contributed by atoms with Crippen molar-refractivity contribution in [3.8, 4) is 5.75 Å². The third-order valence-electron chi connectivity index (χ3n) is 4.57. The number of rotatable bonds is 5. The van der Waals surface area contributed by atoms with Crippen molar-refractivity contribution in [3.63, 3.8) is 0 Å². The number of ether oxygens (including phenoxy) is 1. The van der Waals surface area contributed by atoms with Crippen LogP contribution in [0.15, 0.2) is 24.3 Å². The fourth-order valence-corrected chi connectivity index (χ4v) is 3.70. The number of hydrogen-bond donors (Lipinski definition) is 0. The van der Waals surface area contributed by atoms with Crippen LogP contribution in [0.2, 0.25) is 5.02 Å². The topological polar surface area (TPSA) is 15.7 Å². The second-order valence-electron chi connectivity index (χ2n) is 6.15. The van der Waals surface area contributed by atoms with Crippen molar-refractivity contribution >= 4 is 11.6 Å². The van der Waals surface area contributed by atoms with E-state index in [0.717, 1.165) is 36.4 Å². The summed E-state index contributed by atoms with van der Waals surface area (Å²) in [5.41, 5.74) is 0. The molecule has 3 rings (SSSR count).